The van der Waals surface area contributed by atoms with Crippen molar-refractivity contribution in [2.75, 3.05) is 5.32 Å². The van der Waals surface area contributed by atoms with Crippen molar-refractivity contribution in [3.8, 4) is 0 Å². The van der Waals surface area contributed by atoms with Gasteiger partial charge in [-0.2, -0.15) is 0 Å². The molecule has 2 nitrogen and oxygen atoms in total. The monoisotopic (exact) mass is 359 g/mol. The van der Waals surface area contributed by atoms with E-state index in [1.54, 1.807) is 0 Å². The van der Waals surface area contributed by atoms with Crippen molar-refractivity contribution in [3.05, 3.63) is 64.7 Å². The molecule has 0 spiro atoms. The minimum Gasteiger partial charge on any atom is -0.322 e. The van der Waals surface area contributed by atoms with Gasteiger partial charge in [0.25, 0.3) is 5.91 Å². The van der Waals surface area contributed by atoms with Crippen LogP contribution >= 0.6 is 0 Å². The second kappa shape index (κ2) is 6.22. The predicted octanol–water partition coefficient (Wildman–Crippen LogP) is 6.02. The Balaban J connectivity index is 1.35. The zero-order valence-electron chi connectivity index (χ0n) is 16.4. The molecule has 27 heavy (non-hydrogen) atoms. The van der Waals surface area contributed by atoms with Gasteiger partial charge in [0.15, 0.2) is 0 Å². The van der Waals surface area contributed by atoms with Gasteiger partial charge < -0.3 is 5.32 Å². The maximum absolute atomic E-state index is 12.7. The van der Waals surface area contributed by atoms with Crippen LogP contribution in [0, 0.1) is 31.6 Å². The van der Waals surface area contributed by atoms with Gasteiger partial charge in [-0.15, -0.1) is 0 Å². The summed E-state index contributed by atoms with van der Waals surface area (Å²) in [4.78, 5) is 12.7. The van der Waals surface area contributed by atoms with Crippen LogP contribution in [0.4, 0.5) is 5.69 Å². The van der Waals surface area contributed by atoms with E-state index < -0.39 is 0 Å². The molecule has 4 aliphatic carbocycles. The molecule has 1 amide bonds. The van der Waals surface area contributed by atoms with Crippen LogP contribution in [-0.2, 0) is 5.41 Å². The van der Waals surface area contributed by atoms with Gasteiger partial charge in [0.05, 0.1) is 0 Å². The number of rotatable bonds is 3. The summed E-state index contributed by atoms with van der Waals surface area (Å²) >= 11 is 0. The van der Waals surface area contributed by atoms with Crippen LogP contribution in [0.1, 0.15) is 65.6 Å². The van der Waals surface area contributed by atoms with Crippen molar-refractivity contribution in [2.24, 2.45) is 17.8 Å². The van der Waals surface area contributed by atoms with Gasteiger partial charge in [-0.3, -0.25) is 4.79 Å². The van der Waals surface area contributed by atoms with Crippen LogP contribution in [0.3, 0.4) is 0 Å². The number of amides is 1. The first-order chi connectivity index (χ1) is 13.0. The topological polar surface area (TPSA) is 29.1 Å². The molecule has 0 heterocycles. The summed E-state index contributed by atoms with van der Waals surface area (Å²) in [6.07, 6.45) is 8.57. The molecule has 2 heteroatoms. The Hall–Kier alpha value is -2.09. The molecule has 0 radical (unpaired) electrons. The molecular weight excluding hydrogens is 330 g/mol. The van der Waals surface area contributed by atoms with Crippen LogP contribution in [-0.4, -0.2) is 5.91 Å². The van der Waals surface area contributed by atoms with Gasteiger partial charge in [-0.05, 0) is 105 Å². The number of aryl methyl sites for hydroxylation is 2. The van der Waals surface area contributed by atoms with Gasteiger partial charge in [0.2, 0.25) is 0 Å². The standard InChI is InChI=1S/C25H29NO/c1-16-3-4-17(2)23(9-16)24(27)26-22-7-5-21(6-8-22)25-13-18-10-19(14-25)12-20(11-18)15-25/h3-9,18-20H,10-15H2,1-2H3,(H,26,27). The van der Waals surface area contributed by atoms with E-state index in [1.165, 1.54) is 44.1 Å². The lowest BCUT2D eigenvalue weighted by Gasteiger charge is -2.57. The highest BCUT2D eigenvalue weighted by Crippen LogP contribution is 2.60. The van der Waals surface area contributed by atoms with Gasteiger partial charge in [0, 0.05) is 11.3 Å². The first-order valence-electron chi connectivity index (χ1n) is 10.5. The van der Waals surface area contributed by atoms with Gasteiger partial charge in [-0.25, -0.2) is 0 Å². The smallest absolute Gasteiger partial charge is 0.255 e. The summed E-state index contributed by atoms with van der Waals surface area (Å²) in [7, 11) is 0. The predicted molar refractivity (Wildman–Crippen MR) is 110 cm³/mol. The maximum atomic E-state index is 12.7. The van der Waals surface area contributed by atoms with Gasteiger partial charge in [-0.1, -0.05) is 29.8 Å². The quantitative estimate of drug-likeness (QED) is 0.713. The van der Waals surface area contributed by atoms with Crippen LogP contribution in [0.5, 0.6) is 0 Å². The van der Waals surface area contributed by atoms with Crippen molar-refractivity contribution >= 4 is 11.6 Å². The van der Waals surface area contributed by atoms with Crippen molar-refractivity contribution < 1.29 is 4.79 Å². The fraction of sp³-hybridized carbons (Fsp3) is 0.480. The van der Waals surface area contributed by atoms with Gasteiger partial charge >= 0.3 is 0 Å². The third kappa shape index (κ3) is 2.99. The molecule has 140 valence electrons. The normalized spacial score (nSPS) is 31.1. The average Bonchev–Trinajstić information content (AvgIpc) is 2.63. The molecule has 4 aliphatic rings. The van der Waals surface area contributed by atoms with E-state index in [2.05, 4.69) is 29.6 Å². The largest absolute Gasteiger partial charge is 0.322 e. The van der Waals surface area contributed by atoms with Crippen LogP contribution in [0.15, 0.2) is 42.5 Å². The Labute approximate surface area is 162 Å². The molecule has 6 rings (SSSR count). The zero-order chi connectivity index (χ0) is 18.6. The van der Waals surface area contributed by atoms with Gasteiger partial charge in [0.1, 0.15) is 0 Å². The van der Waals surface area contributed by atoms with Crippen molar-refractivity contribution in [1.82, 2.24) is 0 Å². The Morgan fingerprint density at radius 2 is 1.48 bits per heavy atom. The summed E-state index contributed by atoms with van der Waals surface area (Å²) in [5.74, 6) is 2.86. The second-order valence-electron chi connectivity index (χ2n) is 9.55. The zero-order valence-corrected chi connectivity index (χ0v) is 16.4. The van der Waals surface area contributed by atoms with Crippen LogP contribution in [0.25, 0.3) is 0 Å². The fourth-order valence-corrected chi connectivity index (χ4v) is 6.55. The minimum absolute atomic E-state index is 0.0150. The first kappa shape index (κ1) is 17.0. The highest BCUT2D eigenvalue weighted by Gasteiger charge is 2.51. The molecule has 4 fully saturated rings. The van der Waals surface area contributed by atoms with E-state index in [9.17, 15) is 4.79 Å². The number of benzene rings is 2. The molecule has 0 unspecified atom stereocenters. The first-order valence-corrected chi connectivity index (χ1v) is 10.5. The number of anilines is 1. The molecule has 0 saturated heterocycles. The number of carbonyl (C=O) groups is 1. The summed E-state index contributed by atoms with van der Waals surface area (Å²) in [6.45, 7) is 4.01. The molecule has 1 N–H and O–H groups in total. The van der Waals surface area contributed by atoms with E-state index in [1.807, 2.05) is 32.0 Å². The Bertz CT molecular complexity index is 844. The summed E-state index contributed by atoms with van der Waals surface area (Å²) in [5.41, 5.74) is 5.72. The number of carbonyl (C=O) groups excluding carboxylic acids is 1. The molecule has 0 atom stereocenters. The molecule has 4 bridgehead atoms. The second-order valence-corrected chi connectivity index (χ2v) is 9.55. The summed E-state index contributed by atoms with van der Waals surface area (Å²) < 4.78 is 0. The van der Waals surface area contributed by atoms with Crippen LogP contribution in [0.2, 0.25) is 0 Å². The number of hydrogen-bond donors (Lipinski definition) is 1. The van der Waals surface area contributed by atoms with E-state index in [0.717, 1.165) is 40.1 Å². The molecule has 2 aromatic carbocycles. The molecule has 0 aromatic heterocycles. The minimum atomic E-state index is -0.0150. The summed E-state index contributed by atoms with van der Waals surface area (Å²) in [6, 6.07) is 14.8. The SMILES string of the molecule is Cc1ccc(C)c(C(=O)Nc2ccc(C34CC5CC(CC(C5)C3)C4)cc2)c1. The Kier molecular flexibility index (Phi) is 3.93. The van der Waals surface area contributed by atoms with Crippen molar-refractivity contribution in [2.45, 2.75) is 57.8 Å². The average molecular weight is 360 g/mol. The van der Waals surface area contributed by atoms with E-state index >= 15 is 0 Å². The summed E-state index contributed by atoms with van der Waals surface area (Å²) in [5, 5.41) is 3.09. The van der Waals surface area contributed by atoms with E-state index in [0.29, 0.717) is 5.41 Å². The highest BCUT2D eigenvalue weighted by atomic mass is 16.1. The number of nitrogens with one attached hydrogen (secondary N) is 1. The molecule has 2 aromatic rings. The highest BCUT2D eigenvalue weighted by molar-refractivity contribution is 6.05. The Morgan fingerprint density at radius 1 is 0.889 bits per heavy atom. The number of hydrogen-bond acceptors (Lipinski definition) is 1. The van der Waals surface area contributed by atoms with Crippen LogP contribution < -0.4 is 5.32 Å². The fourth-order valence-electron chi connectivity index (χ4n) is 6.55. The molecule has 0 aliphatic heterocycles. The van der Waals surface area contributed by atoms with E-state index in [4.69, 9.17) is 0 Å². The third-order valence-corrected chi connectivity index (χ3v) is 7.43. The van der Waals surface area contributed by atoms with E-state index in [-0.39, 0.29) is 5.91 Å². The lowest BCUT2D eigenvalue weighted by Crippen LogP contribution is -2.48. The maximum Gasteiger partial charge on any atom is 0.255 e. The van der Waals surface area contributed by atoms with Crippen molar-refractivity contribution in [3.63, 3.8) is 0 Å². The molecular formula is C25H29NO. The lowest BCUT2D eigenvalue weighted by atomic mass is 9.48. The lowest BCUT2D eigenvalue weighted by molar-refractivity contribution is -0.00518. The van der Waals surface area contributed by atoms with Crippen molar-refractivity contribution in [1.29, 1.82) is 0 Å². The Morgan fingerprint density at radius 3 is 2.07 bits per heavy atom. The molecule has 4 saturated carbocycles. The third-order valence-electron chi connectivity index (χ3n) is 7.43.